The molecule has 34 heavy (non-hydrogen) atoms. The van der Waals surface area contributed by atoms with E-state index < -0.39 is 5.91 Å². The van der Waals surface area contributed by atoms with Crippen molar-refractivity contribution in [3.63, 3.8) is 0 Å². The maximum atomic E-state index is 12.7. The van der Waals surface area contributed by atoms with Crippen molar-refractivity contribution in [3.05, 3.63) is 92.5 Å². The lowest BCUT2D eigenvalue weighted by Gasteiger charge is -2.14. The summed E-state index contributed by atoms with van der Waals surface area (Å²) in [5.41, 5.74) is 6.49. The summed E-state index contributed by atoms with van der Waals surface area (Å²) in [6.45, 7) is 8.28. The topological polar surface area (TPSA) is 71.3 Å². The molecule has 0 spiro atoms. The molecule has 0 radical (unpaired) electrons. The largest absolute Gasteiger partial charge is 0.493 e. The summed E-state index contributed by atoms with van der Waals surface area (Å²) in [7, 11) is 1.51. The van der Waals surface area contributed by atoms with Crippen molar-refractivity contribution in [1.82, 2.24) is 0 Å². The summed E-state index contributed by atoms with van der Waals surface area (Å²) >= 11 is 6.50. The maximum Gasteiger partial charge on any atom is 0.266 e. The van der Waals surface area contributed by atoms with Crippen molar-refractivity contribution in [1.29, 1.82) is 5.26 Å². The van der Waals surface area contributed by atoms with Crippen molar-refractivity contribution in [3.8, 4) is 17.6 Å². The SMILES string of the molecule is COc1cc(/C=C(\C#N)C(=O)Nc2ccc(C)cc2C)cc(Cl)c1OCc1cc(C)cc(C)c1. The summed E-state index contributed by atoms with van der Waals surface area (Å²) in [6.07, 6.45) is 1.47. The Kier molecular flexibility index (Phi) is 7.99. The van der Waals surface area contributed by atoms with E-state index in [-0.39, 0.29) is 5.57 Å². The molecule has 3 aromatic carbocycles. The molecular weight excluding hydrogens is 448 g/mol. The van der Waals surface area contributed by atoms with Gasteiger partial charge in [0.2, 0.25) is 0 Å². The first-order valence-electron chi connectivity index (χ1n) is 10.8. The van der Waals surface area contributed by atoms with Crippen LogP contribution >= 0.6 is 11.6 Å². The van der Waals surface area contributed by atoms with E-state index in [4.69, 9.17) is 21.1 Å². The molecule has 0 fully saturated rings. The van der Waals surface area contributed by atoms with Crippen molar-refractivity contribution in [2.75, 3.05) is 12.4 Å². The van der Waals surface area contributed by atoms with Gasteiger partial charge >= 0.3 is 0 Å². The van der Waals surface area contributed by atoms with Crippen LogP contribution < -0.4 is 14.8 Å². The number of nitrogens with zero attached hydrogens (tertiary/aromatic N) is 1. The highest BCUT2D eigenvalue weighted by atomic mass is 35.5. The number of aryl methyl sites for hydroxylation is 4. The summed E-state index contributed by atoms with van der Waals surface area (Å²) < 4.78 is 11.4. The Bertz CT molecular complexity index is 1290. The van der Waals surface area contributed by atoms with Gasteiger partial charge < -0.3 is 14.8 Å². The Balaban J connectivity index is 1.83. The molecule has 0 aliphatic heterocycles. The van der Waals surface area contributed by atoms with E-state index in [9.17, 15) is 10.1 Å². The van der Waals surface area contributed by atoms with Gasteiger partial charge in [0.25, 0.3) is 5.91 Å². The zero-order valence-corrected chi connectivity index (χ0v) is 20.7. The Morgan fingerprint density at radius 1 is 1.03 bits per heavy atom. The van der Waals surface area contributed by atoms with Crippen LogP contribution in [-0.2, 0) is 11.4 Å². The lowest BCUT2D eigenvalue weighted by Crippen LogP contribution is -2.14. The van der Waals surface area contributed by atoms with Crippen LogP contribution in [0.25, 0.3) is 6.08 Å². The molecule has 0 saturated heterocycles. The fourth-order valence-corrected chi connectivity index (χ4v) is 4.00. The molecule has 0 atom stereocenters. The van der Waals surface area contributed by atoms with Crippen LogP contribution in [-0.4, -0.2) is 13.0 Å². The summed E-state index contributed by atoms with van der Waals surface area (Å²) in [5, 5.41) is 12.7. The summed E-state index contributed by atoms with van der Waals surface area (Å²) in [5.74, 6) is 0.314. The molecule has 0 aliphatic carbocycles. The van der Waals surface area contributed by atoms with E-state index in [1.54, 1.807) is 12.1 Å². The van der Waals surface area contributed by atoms with Gasteiger partial charge in [-0.3, -0.25) is 4.79 Å². The Labute approximate surface area is 205 Å². The molecule has 0 unspecified atom stereocenters. The van der Waals surface area contributed by atoms with Crippen molar-refractivity contribution in [2.45, 2.75) is 34.3 Å². The number of halogens is 1. The molecule has 0 bridgehead atoms. The third-order valence-electron chi connectivity index (χ3n) is 5.22. The van der Waals surface area contributed by atoms with E-state index in [1.165, 1.54) is 13.2 Å². The minimum absolute atomic E-state index is 0.0537. The lowest BCUT2D eigenvalue weighted by molar-refractivity contribution is -0.112. The van der Waals surface area contributed by atoms with Crippen LogP contribution in [0.2, 0.25) is 5.02 Å². The molecule has 3 aromatic rings. The maximum absolute atomic E-state index is 12.7. The minimum atomic E-state index is -0.500. The van der Waals surface area contributed by atoms with E-state index in [1.807, 2.05) is 52.0 Å². The third-order valence-corrected chi connectivity index (χ3v) is 5.50. The van der Waals surface area contributed by atoms with Crippen molar-refractivity contribution >= 4 is 29.3 Å². The average molecular weight is 475 g/mol. The number of benzene rings is 3. The summed E-state index contributed by atoms with van der Waals surface area (Å²) in [4.78, 5) is 12.7. The van der Waals surface area contributed by atoms with Crippen LogP contribution in [0.3, 0.4) is 0 Å². The molecule has 0 aromatic heterocycles. The predicted molar refractivity (Wildman–Crippen MR) is 136 cm³/mol. The van der Waals surface area contributed by atoms with Crippen LogP contribution in [0, 0.1) is 39.0 Å². The number of hydrogen-bond acceptors (Lipinski definition) is 4. The number of hydrogen-bond donors (Lipinski definition) is 1. The first-order chi connectivity index (χ1) is 16.2. The van der Waals surface area contributed by atoms with Gasteiger partial charge in [-0.05, 0) is 68.7 Å². The fourth-order valence-electron chi connectivity index (χ4n) is 3.73. The molecule has 0 saturated carbocycles. The molecule has 1 amide bonds. The van der Waals surface area contributed by atoms with Gasteiger partial charge in [-0.1, -0.05) is 58.6 Å². The van der Waals surface area contributed by atoms with Crippen molar-refractivity contribution < 1.29 is 14.3 Å². The quantitative estimate of drug-likeness (QED) is 0.305. The number of amides is 1. The monoisotopic (exact) mass is 474 g/mol. The first-order valence-corrected chi connectivity index (χ1v) is 11.2. The number of rotatable bonds is 7. The van der Waals surface area contributed by atoms with Gasteiger partial charge in [-0.2, -0.15) is 5.26 Å². The smallest absolute Gasteiger partial charge is 0.266 e. The number of nitrogens with one attached hydrogen (secondary N) is 1. The highest BCUT2D eigenvalue weighted by Crippen LogP contribution is 2.37. The lowest BCUT2D eigenvalue weighted by atomic mass is 10.1. The molecule has 6 heteroatoms. The van der Waals surface area contributed by atoms with Crippen LogP contribution in [0.4, 0.5) is 5.69 Å². The third kappa shape index (κ3) is 6.18. The van der Waals surface area contributed by atoms with Gasteiger partial charge in [-0.15, -0.1) is 0 Å². The molecule has 0 aliphatic rings. The zero-order chi connectivity index (χ0) is 24.8. The van der Waals surface area contributed by atoms with E-state index in [2.05, 4.69) is 23.5 Å². The normalized spacial score (nSPS) is 11.0. The predicted octanol–water partition coefficient (Wildman–Crippen LogP) is 6.71. The molecule has 0 heterocycles. The highest BCUT2D eigenvalue weighted by molar-refractivity contribution is 6.32. The molecular formula is C28H27ClN2O3. The number of carbonyl (C=O) groups excluding carboxylic acids is 1. The fraction of sp³-hybridized carbons (Fsp3) is 0.214. The summed E-state index contributed by atoms with van der Waals surface area (Å²) in [6, 6.07) is 17.2. The van der Waals surface area contributed by atoms with E-state index in [0.29, 0.717) is 34.4 Å². The molecule has 1 N–H and O–H groups in total. The molecule has 3 rings (SSSR count). The van der Waals surface area contributed by atoms with Gasteiger partial charge in [0.15, 0.2) is 11.5 Å². The van der Waals surface area contributed by atoms with E-state index >= 15 is 0 Å². The number of carbonyl (C=O) groups is 1. The number of ether oxygens (including phenoxy) is 2. The van der Waals surface area contributed by atoms with Gasteiger partial charge in [0.1, 0.15) is 18.2 Å². The van der Waals surface area contributed by atoms with Gasteiger partial charge in [0, 0.05) is 5.69 Å². The molecule has 5 nitrogen and oxygen atoms in total. The second kappa shape index (κ2) is 10.9. The standard InChI is InChI=1S/C28H27ClN2O3/c1-17-6-7-25(20(4)9-17)31-28(32)23(15-30)12-21-13-24(29)27(26(14-21)33-5)34-16-22-10-18(2)8-19(3)11-22/h6-14H,16H2,1-5H3,(H,31,32)/b23-12+. The molecule has 174 valence electrons. The average Bonchev–Trinajstić information content (AvgIpc) is 2.77. The Hall–Kier alpha value is -3.75. The van der Waals surface area contributed by atoms with Crippen LogP contribution in [0.1, 0.15) is 33.4 Å². The zero-order valence-electron chi connectivity index (χ0n) is 20.0. The van der Waals surface area contributed by atoms with E-state index in [0.717, 1.165) is 27.8 Å². The number of nitriles is 1. The Morgan fingerprint density at radius 3 is 2.35 bits per heavy atom. The number of anilines is 1. The van der Waals surface area contributed by atoms with Gasteiger partial charge in [0.05, 0.1) is 12.1 Å². The number of methoxy groups -OCH3 is 1. The first kappa shape index (κ1) is 24.9. The van der Waals surface area contributed by atoms with Gasteiger partial charge in [-0.25, -0.2) is 0 Å². The highest BCUT2D eigenvalue weighted by Gasteiger charge is 2.15. The van der Waals surface area contributed by atoms with Crippen LogP contribution in [0.15, 0.2) is 54.1 Å². The van der Waals surface area contributed by atoms with Crippen molar-refractivity contribution in [2.24, 2.45) is 0 Å². The van der Waals surface area contributed by atoms with Crippen LogP contribution in [0.5, 0.6) is 11.5 Å². The second-order valence-corrected chi connectivity index (χ2v) is 8.67. The second-order valence-electron chi connectivity index (χ2n) is 8.26. The minimum Gasteiger partial charge on any atom is -0.493 e. The Morgan fingerprint density at radius 2 is 1.74 bits per heavy atom.